The summed E-state index contributed by atoms with van der Waals surface area (Å²) in [6.07, 6.45) is 3.21. The van der Waals surface area contributed by atoms with E-state index in [0.29, 0.717) is 24.9 Å². The molecule has 172 valence electrons. The monoisotopic (exact) mass is 454 g/mol. The van der Waals surface area contributed by atoms with E-state index >= 15 is 0 Å². The summed E-state index contributed by atoms with van der Waals surface area (Å²) in [6, 6.07) is 3.22. The Morgan fingerprint density at radius 3 is 2.48 bits per heavy atom. The standard InChI is InChI=1S/C22H32ClFN4O3/c1-16(29)6-4-3-5-7-20(22(31)25-17-8-9-19(24)18(23)14-17)26-21(30)15-28-12-10-27(2)11-13-28/h8-9,14,20H,3-7,10-13,15H2,1-2H3,(H,25,31)(H,26,30)/t20-/m0/s1. The van der Waals surface area contributed by atoms with Crippen LogP contribution in [0.3, 0.4) is 0 Å². The third-order valence-corrected chi connectivity index (χ3v) is 5.61. The molecule has 0 unspecified atom stereocenters. The van der Waals surface area contributed by atoms with Crippen molar-refractivity contribution in [3.05, 3.63) is 29.0 Å². The molecule has 0 saturated carbocycles. The van der Waals surface area contributed by atoms with E-state index in [4.69, 9.17) is 11.6 Å². The summed E-state index contributed by atoms with van der Waals surface area (Å²) >= 11 is 5.79. The van der Waals surface area contributed by atoms with Gasteiger partial charge in [0.25, 0.3) is 0 Å². The Morgan fingerprint density at radius 2 is 1.84 bits per heavy atom. The van der Waals surface area contributed by atoms with Crippen molar-refractivity contribution in [2.24, 2.45) is 0 Å². The Balaban J connectivity index is 1.93. The van der Waals surface area contributed by atoms with Crippen LogP contribution in [0.15, 0.2) is 18.2 Å². The number of nitrogens with zero attached hydrogens (tertiary/aromatic N) is 2. The minimum atomic E-state index is -0.721. The van der Waals surface area contributed by atoms with Gasteiger partial charge in [-0.25, -0.2) is 4.39 Å². The van der Waals surface area contributed by atoms with E-state index in [1.165, 1.54) is 18.2 Å². The number of hydrogen-bond acceptors (Lipinski definition) is 5. The molecule has 1 aromatic rings. The number of benzene rings is 1. The maximum Gasteiger partial charge on any atom is 0.246 e. The summed E-state index contributed by atoms with van der Waals surface area (Å²) in [4.78, 5) is 40.8. The van der Waals surface area contributed by atoms with Crippen LogP contribution < -0.4 is 10.6 Å². The number of likely N-dealkylation sites (N-methyl/N-ethyl adjacent to an activating group) is 1. The van der Waals surface area contributed by atoms with E-state index in [0.717, 1.165) is 39.0 Å². The van der Waals surface area contributed by atoms with E-state index in [1.54, 1.807) is 6.92 Å². The number of ketones is 1. The number of hydrogen-bond donors (Lipinski definition) is 2. The molecule has 1 saturated heterocycles. The molecule has 0 bridgehead atoms. The fraction of sp³-hybridized carbons (Fsp3) is 0.591. The fourth-order valence-corrected chi connectivity index (χ4v) is 3.60. The summed E-state index contributed by atoms with van der Waals surface area (Å²) in [6.45, 7) is 5.21. The van der Waals surface area contributed by atoms with Crippen LogP contribution in [0.1, 0.15) is 39.0 Å². The first kappa shape index (κ1) is 25.2. The Labute approximate surface area is 188 Å². The van der Waals surface area contributed by atoms with Gasteiger partial charge in [0.1, 0.15) is 17.6 Å². The van der Waals surface area contributed by atoms with Gasteiger partial charge >= 0.3 is 0 Å². The summed E-state index contributed by atoms with van der Waals surface area (Å²) in [5.74, 6) is -1.00. The van der Waals surface area contributed by atoms with E-state index in [-0.39, 0.29) is 29.2 Å². The average molecular weight is 455 g/mol. The van der Waals surface area contributed by atoms with Gasteiger partial charge in [0.05, 0.1) is 11.6 Å². The number of rotatable bonds is 11. The number of unbranched alkanes of at least 4 members (excludes halogenated alkanes) is 2. The summed E-state index contributed by atoms with van der Waals surface area (Å²) in [5.41, 5.74) is 0.367. The van der Waals surface area contributed by atoms with E-state index < -0.39 is 11.9 Å². The summed E-state index contributed by atoms with van der Waals surface area (Å²) < 4.78 is 13.4. The highest BCUT2D eigenvalue weighted by Crippen LogP contribution is 2.20. The van der Waals surface area contributed by atoms with Gasteiger partial charge in [0.2, 0.25) is 11.8 Å². The first-order valence-corrected chi connectivity index (χ1v) is 11.1. The molecule has 2 rings (SSSR count). The van der Waals surface area contributed by atoms with E-state index in [1.807, 2.05) is 7.05 Å². The van der Waals surface area contributed by atoms with Crippen molar-refractivity contribution in [1.82, 2.24) is 15.1 Å². The van der Waals surface area contributed by atoms with Crippen LogP contribution in [0.25, 0.3) is 0 Å². The smallest absolute Gasteiger partial charge is 0.246 e. The second-order valence-corrected chi connectivity index (χ2v) is 8.53. The Kier molecular flexibility index (Phi) is 10.4. The largest absolute Gasteiger partial charge is 0.343 e. The molecule has 0 radical (unpaired) electrons. The van der Waals surface area contributed by atoms with Crippen LogP contribution in [-0.2, 0) is 14.4 Å². The molecule has 2 N–H and O–H groups in total. The number of piperazine rings is 1. The normalized spacial score (nSPS) is 16.0. The lowest BCUT2D eigenvalue weighted by Gasteiger charge is -2.32. The number of amides is 2. The molecule has 31 heavy (non-hydrogen) atoms. The Morgan fingerprint density at radius 1 is 1.13 bits per heavy atom. The number of nitrogens with one attached hydrogen (secondary N) is 2. The van der Waals surface area contributed by atoms with Crippen molar-refractivity contribution in [1.29, 1.82) is 0 Å². The van der Waals surface area contributed by atoms with Gasteiger partial charge in [-0.15, -0.1) is 0 Å². The average Bonchev–Trinajstić information content (AvgIpc) is 2.71. The van der Waals surface area contributed by atoms with Crippen molar-refractivity contribution >= 4 is 34.9 Å². The van der Waals surface area contributed by atoms with Gasteiger partial charge in [-0.05, 0) is 45.0 Å². The molecular formula is C22H32ClFN4O3. The van der Waals surface area contributed by atoms with Crippen LogP contribution in [0, 0.1) is 5.82 Å². The van der Waals surface area contributed by atoms with Crippen LogP contribution in [-0.4, -0.2) is 73.2 Å². The van der Waals surface area contributed by atoms with Crippen molar-refractivity contribution in [2.75, 3.05) is 45.1 Å². The molecule has 0 aromatic heterocycles. The predicted molar refractivity (Wildman–Crippen MR) is 120 cm³/mol. The van der Waals surface area contributed by atoms with Gasteiger partial charge in [-0.2, -0.15) is 0 Å². The quantitative estimate of drug-likeness (QED) is 0.502. The number of carbonyl (C=O) groups excluding carboxylic acids is 3. The molecule has 0 spiro atoms. The highest BCUT2D eigenvalue weighted by molar-refractivity contribution is 6.31. The maximum atomic E-state index is 13.4. The zero-order valence-electron chi connectivity index (χ0n) is 18.3. The number of Topliss-reactive ketones (excluding diaryl/α,β-unsaturated/α-hetero) is 1. The molecule has 2 amide bonds. The second kappa shape index (κ2) is 12.7. The van der Waals surface area contributed by atoms with Crippen LogP contribution in [0.5, 0.6) is 0 Å². The SMILES string of the molecule is CC(=O)CCCCC[C@H](NC(=O)CN1CCN(C)CC1)C(=O)Nc1ccc(F)c(Cl)c1. The van der Waals surface area contributed by atoms with Crippen molar-refractivity contribution in [3.63, 3.8) is 0 Å². The summed E-state index contributed by atoms with van der Waals surface area (Å²) in [5, 5.41) is 5.46. The molecule has 0 aliphatic carbocycles. The predicted octanol–water partition coefficient (Wildman–Crippen LogP) is 2.69. The van der Waals surface area contributed by atoms with Gasteiger partial charge in [0, 0.05) is 38.3 Å². The molecule has 1 fully saturated rings. The zero-order valence-corrected chi connectivity index (χ0v) is 19.0. The summed E-state index contributed by atoms with van der Waals surface area (Å²) in [7, 11) is 2.05. The Hall–Kier alpha value is -2.03. The zero-order chi connectivity index (χ0) is 22.8. The third-order valence-electron chi connectivity index (χ3n) is 5.32. The first-order chi connectivity index (χ1) is 14.7. The molecule has 1 heterocycles. The molecular weight excluding hydrogens is 423 g/mol. The van der Waals surface area contributed by atoms with Gasteiger partial charge < -0.3 is 20.3 Å². The number of anilines is 1. The number of carbonyl (C=O) groups is 3. The molecule has 1 aliphatic heterocycles. The van der Waals surface area contributed by atoms with Crippen molar-refractivity contribution in [2.45, 2.75) is 45.1 Å². The Bertz CT molecular complexity index is 769. The topological polar surface area (TPSA) is 81.8 Å². The van der Waals surface area contributed by atoms with Gasteiger partial charge in [-0.3, -0.25) is 14.5 Å². The van der Waals surface area contributed by atoms with Crippen LogP contribution in [0.2, 0.25) is 5.02 Å². The van der Waals surface area contributed by atoms with Gasteiger partial charge in [0.15, 0.2) is 0 Å². The van der Waals surface area contributed by atoms with Crippen molar-refractivity contribution < 1.29 is 18.8 Å². The fourth-order valence-electron chi connectivity index (χ4n) is 3.42. The molecule has 9 heteroatoms. The minimum absolute atomic E-state index is 0.0855. The molecule has 1 aromatic carbocycles. The third kappa shape index (κ3) is 9.33. The number of halogens is 2. The van der Waals surface area contributed by atoms with E-state index in [2.05, 4.69) is 20.4 Å². The second-order valence-electron chi connectivity index (χ2n) is 8.12. The lowest BCUT2D eigenvalue weighted by Crippen LogP contribution is -2.51. The molecule has 1 aliphatic rings. The minimum Gasteiger partial charge on any atom is -0.343 e. The van der Waals surface area contributed by atoms with E-state index in [9.17, 15) is 18.8 Å². The maximum absolute atomic E-state index is 13.4. The lowest BCUT2D eigenvalue weighted by atomic mass is 10.1. The van der Waals surface area contributed by atoms with Crippen molar-refractivity contribution in [3.8, 4) is 0 Å². The first-order valence-electron chi connectivity index (χ1n) is 10.7. The molecule has 1 atom stereocenters. The van der Waals surface area contributed by atoms with Crippen LogP contribution >= 0.6 is 11.6 Å². The lowest BCUT2D eigenvalue weighted by molar-refractivity contribution is -0.127. The highest BCUT2D eigenvalue weighted by Gasteiger charge is 2.23. The van der Waals surface area contributed by atoms with Gasteiger partial charge in [-0.1, -0.05) is 24.4 Å². The highest BCUT2D eigenvalue weighted by atomic mass is 35.5. The van der Waals surface area contributed by atoms with Crippen LogP contribution in [0.4, 0.5) is 10.1 Å². The molecule has 7 nitrogen and oxygen atoms in total.